The van der Waals surface area contributed by atoms with Gasteiger partial charge in [-0.15, -0.1) is 0 Å². The van der Waals surface area contributed by atoms with E-state index in [0.29, 0.717) is 62.8 Å². The van der Waals surface area contributed by atoms with Crippen molar-refractivity contribution < 1.29 is 42.0 Å². The van der Waals surface area contributed by atoms with E-state index < -0.39 is 41.0 Å². The number of hydrogen-bond acceptors (Lipinski definition) is 9. The number of nitrogens with one attached hydrogen (secondary N) is 1. The molecule has 6 rings (SSSR count). The van der Waals surface area contributed by atoms with Crippen LogP contribution in [0.2, 0.25) is 0 Å². The fourth-order valence-corrected chi connectivity index (χ4v) is 7.27. The van der Waals surface area contributed by atoms with Crippen molar-refractivity contribution in [1.29, 1.82) is 0 Å². The van der Waals surface area contributed by atoms with Crippen LogP contribution in [-0.4, -0.2) is 91.2 Å². The highest BCUT2D eigenvalue weighted by molar-refractivity contribution is 5.96. The highest BCUT2D eigenvalue weighted by atomic mass is 19.3. The van der Waals surface area contributed by atoms with Crippen molar-refractivity contribution >= 4 is 28.5 Å². The Morgan fingerprint density at radius 2 is 1.77 bits per heavy atom. The Hall–Kier alpha value is -4.08. The first-order valence-corrected chi connectivity index (χ1v) is 18.2. The number of anilines is 2. The standard InChI is InChI=1S/C37H48F3N5O7/c1-24(27-8-7-9-29(32(27)38)37(39,40)25-11-13-45(14-12-25)36(47)48)41-34-28-22-26(44-15-18-49-19-16-44)23-30(33(28)43(2)35(46)42-34)50-17-6-4-3-5-10-31-51-20-21-52-31/h7-9,22-25,31H,3-6,10-21H2,1-2H3,(H,47,48)(H,41,42,46)/t24-/m1/s1. The summed E-state index contributed by atoms with van der Waals surface area (Å²) >= 11 is 0. The van der Waals surface area contributed by atoms with E-state index >= 15 is 13.2 Å². The summed E-state index contributed by atoms with van der Waals surface area (Å²) in [5, 5.41) is 13.0. The molecule has 3 aliphatic rings. The normalized spacial score (nSPS) is 18.2. The molecule has 0 unspecified atom stereocenters. The summed E-state index contributed by atoms with van der Waals surface area (Å²) in [7, 11) is 1.62. The second kappa shape index (κ2) is 16.7. The lowest BCUT2D eigenvalue weighted by Crippen LogP contribution is -2.42. The van der Waals surface area contributed by atoms with Gasteiger partial charge in [-0.3, -0.25) is 4.57 Å². The minimum Gasteiger partial charge on any atom is -0.491 e. The maximum absolute atomic E-state index is 16.1. The van der Waals surface area contributed by atoms with Gasteiger partial charge in [0.25, 0.3) is 5.92 Å². The van der Waals surface area contributed by atoms with E-state index in [4.69, 9.17) is 18.9 Å². The number of alkyl halides is 2. The van der Waals surface area contributed by atoms with Gasteiger partial charge in [-0.25, -0.2) is 22.8 Å². The van der Waals surface area contributed by atoms with Crippen molar-refractivity contribution in [2.45, 2.75) is 70.1 Å². The SMILES string of the molecule is C[C@@H](Nc1nc(=O)n(C)c2c(OCCCCCCC3OCCO3)cc(N3CCOCC3)cc12)c1cccc(C(F)(F)C2CCN(C(=O)O)CC2)c1F. The molecule has 1 aromatic heterocycles. The Kier molecular flexibility index (Phi) is 12.1. The average Bonchev–Trinajstić information content (AvgIpc) is 3.67. The molecule has 0 aliphatic carbocycles. The number of fused-ring (bicyclic) bond motifs is 1. The molecule has 3 aliphatic heterocycles. The van der Waals surface area contributed by atoms with Crippen molar-refractivity contribution in [2.75, 3.05) is 69.4 Å². The summed E-state index contributed by atoms with van der Waals surface area (Å²) in [5.74, 6) is -5.10. The minimum absolute atomic E-state index is 0.0114. The van der Waals surface area contributed by atoms with E-state index in [-0.39, 0.29) is 43.6 Å². The van der Waals surface area contributed by atoms with Crippen molar-refractivity contribution in [2.24, 2.45) is 13.0 Å². The molecular formula is C37H48F3N5O7. The van der Waals surface area contributed by atoms with Crippen LogP contribution in [0.4, 0.5) is 29.5 Å². The number of piperidine rings is 1. The van der Waals surface area contributed by atoms with Gasteiger partial charge in [-0.2, -0.15) is 4.98 Å². The Bertz CT molecular complexity index is 1760. The third-order valence-corrected chi connectivity index (χ3v) is 10.3. The number of rotatable bonds is 14. The Balaban J connectivity index is 1.24. The number of likely N-dealkylation sites (tertiary alicyclic amines) is 1. The van der Waals surface area contributed by atoms with Crippen molar-refractivity contribution in [3.8, 4) is 5.75 Å². The van der Waals surface area contributed by atoms with Crippen LogP contribution in [0, 0.1) is 11.7 Å². The lowest BCUT2D eigenvalue weighted by molar-refractivity contribution is -0.0861. The number of benzene rings is 2. The Morgan fingerprint density at radius 3 is 2.48 bits per heavy atom. The van der Waals surface area contributed by atoms with Gasteiger partial charge in [0.15, 0.2) is 6.29 Å². The van der Waals surface area contributed by atoms with Crippen LogP contribution in [0.3, 0.4) is 0 Å². The van der Waals surface area contributed by atoms with E-state index in [9.17, 15) is 14.7 Å². The summed E-state index contributed by atoms with van der Waals surface area (Å²) < 4.78 is 72.1. The van der Waals surface area contributed by atoms with Gasteiger partial charge >= 0.3 is 11.8 Å². The third kappa shape index (κ3) is 8.42. The van der Waals surface area contributed by atoms with Gasteiger partial charge in [0.05, 0.1) is 50.2 Å². The van der Waals surface area contributed by atoms with E-state index in [0.717, 1.165) is 48.8 Å². The van der Waals surface area contributed by atoms with Crippen LogP contribution < -0.4 is 20.6 Å². The van der Waals surface area contributed by atoms with Gasteiger partial charge in [0, 0.05) is 61.8 Å². The first kappa shape index (κ1) is 37.7. The maximum atomic E-state index is 16.1. The number of amides is 1. The molecular weight excluding hydrogens is 683 g/mol. The van der Waals surface area contributed by atoms with Gasteiger partial charge in [-0.05, 0) is 45.1 Å². The molecule has 4 heterocycles. The van der Waals surface area contributed by atoms with Crippen LogP contribution in [0.25, 0.3) is 10.9 Å². The molecule has 0 spiro atoms. The van der Waals surface area contributed by atoms with E-state index in [1.165, 1.54) is 16.7 Å². The third-order valence-electron chi connectivity index (χ3n) is 10.3. The molecule has 2 aromatic carbocycles. The number of hydrogen-bond donors (Lipinski definition) is 2. The molecule has 3 aromatic rings. The number of carbonyl (C=O) groups is 1. The predicted octanol–water partition coefficient (Wildman–Crippen LogP) is 6.27. The molecule has 3 saturated heterocycles. The molecule has 1 amide bonds. The maximum Gasteiger partial charge on any atom is 0.407 e. The van der Waals surface area contributed by atoms with Gasteiger partial charge in [0.1, 0.15) is 17.4 Å². The molecule has 2 N–H and O–H groups in total. The first-order chi connectivity index (χ1) is 25.0. The lowest BCUT2D eigenvalue weighted by atomic mass is 9.85. The van der Waals surface area contributed by atoms with E-state index in [1.54, 1.807) is 14.0 Å². The molecule has 1 atom stereocenters. The molecule has 0 bridgehead atoms. The number of ether oxygens (including phenoxy) is 4. The van der Waals surface area contributed by atoms with Gasteiger partial charge < -0.3 is 39.2 Å². The number of aryl methyl sites for hydroxylation is 1. The van der Waals surface area contributed by atoms with Crippen molar-refractivity contribution in [3.05, 3.63) is 57.8 Å². The van der Waals surface area contributed by atoms with Crippen LogP contribution >= 0.6 is 0 Å². The first-order valence-electron chi connectivity index (χ1n) is 18.2. The summed E-state index contributed by atoms with van der Waals surface area (Å²) in [6.45, 7) is 5.67. The smallest absolute Gasteiger partial charge is 0.407 e. The van der Waals surface area contributed by atoms with Crippen molar-refractivity contribution in [1.82, 2.24) is 14.5 Å². The lowest BCUT2D eigenvalue weighted by Gasteiger charge is -2.35. The molecule has 15 heteroatoms. The zero-order chi connectivity index (χ0) is 36.8. The highest BCUT2D eigenvalue weighted by Crippen LogP contribution is 2.44. The quantitative estimate of drug-likeness (QED) is 0.183. The molecule has 0 radical (unpaired) electrons. The zero-order valence-electron chi connectivity index (χ0n) is 29.8. The second-order valence-electron chi connectivity index (χ2n) is 13.7. The summed E-state index contributed by atoms with van der Waals surface area (Å²) in [6.07, 6.45) is 3.17. The number of halogens is 3. The van der Waals surface area contributed by atoms with Crippen molar-refractivity contribution in [3.63, 3.8) is 0 Å². The topological polar surface area (TPSA) is 128 Å². The minimum atomic E-state index is -3.52. The van der Waals surface area contributed by atoms with Crippen LogP contribution in [0.1, 0.15) is 69.0 Å². The number of aromatic nitrogens is 2. The van der Waals surface area contributed by atoms with Gasteiger partial charge in [-0.1, -0.05) is 31.0 Å². The molecule has 284 valence electrons. The number of unbranched alkanes of at least 4 members (excludes halogenated alkanes) is 3. The molecule has 12 nitrogen and oxygen atoms in total. The highest BCUT2D eigenvalue weighted by Gasteiger charge is 2.45. The largest absolute Gasteiger partial charge is 0.491 e. The Morgan fingerprint density at radius 1 is 1.06 bits per heavy atom. The van der Waals surface area contributed by atoms with E-state index in [2.05, 4.69) is 15.2 Å². The fourth-order valence-electron chi connectivity index (χ4n) is 7.27. The Labute approximate surface area is 300 Å². The number of carboxylic acid groups (broad SMARTS) is 1. The number of morpholine rings is 1. The van der Waals surface area contributed by atoms with E-state index in [1.807, 2.05) is 12.1 Å². The summed E-state index contributed by atoms with van der Waals surface area (Å²) in [5.41, 5.74) is 0.0503. The predicted molar refractivity (Wildman–Crippen MR) is 189 cm³/mol. The van der Waals surface area contributed by atoms with Gasteiger partial charge in [0.2, 0.25) is 0 Å². The monoisotopic (exact) mass is 731 g/mol. The van der Waals surface area contributed by atoms with Crippen LogP contribution in [0.5, 0.6) is 5.75 Å². The molecule has 3 fully saturated rings. The average molecular weight is 732 g/mol. The summed E-state index contributed by atoms with van der Waals surface area (Å²) in [6, 6.07) is 6.88. The fraction of sp³-hybridized carbons (Fsp3) is 0.595. The second-order valence-corrected chi connectivity index (χ2v) is 13.7. The molecule has 0 saturated carbocycles. The number of nitrogens with zero attached hydrogens (tertiary/aromatic N) is 4. The van der Waals surface area contributed by atoms with Crippen LogP contribution in [0.15, 0.2) is 35.1 Å². The van der Waals surface area contributed by atoms with Crippen LogP contribution in [-0.2, 0) is 27.2 Å². The summed E-state index contributed by atoms with van der Waals surface area (Å²) in [4.78, 5) is 32.1. The molecule has 52 heavy (non-hydrogen) atoms. The zero-order valence-corrected chi connectivity index (χ0v) is 29.8.